The molecule has 0 fully saturated rings. The summed E-state index contributed by atoms with van der Waals surface area (Å²) in [6, 6.07) is 19.4. The van der Waals surface area contributed by atoms with Gasteiger partial charge in [-0.3, -0.25) is 19.0 Å². The Morgan fingerprint density at radius 1 is 0.611 bits per heavy atom. The number of carboxylic acid groups (broad SMARTS) is 2. The van der Waals surface area contributed by atoms with Crippen molar-refractivity contribution in [1.82, 2.24) is 0 Å². The van der Waals surface area contributed by atoms with Gasteiger partial charge in [-0.2, -0.15) is 0 Å². The number of unbranched alkanes of at least 4 members (excludes halogenated alkanes) is 1. The van der Waals surface area contributed by atoms with Crippen LogP contribution in [0.3, 0.4) is 0 Å². The highest BCUT2D eigenvalue weighted by atomic mass is 32.2. The van der Waals surface area contributed by atoms with E-state index in [0.717, 1.165) is 42.5 Å². The number of rotatable bonds is 19. The fraction of sp³-hybridized carbons (Fsp3) is 0.243. The van der Waals surface area contributed by atoms with E-state index in [-0.39, 0.29) is 45.4 Å². The van der Waals surface area contributed by atoms with Gasteiger partial charge in [-0.15, -0.1) is 0 Å². The molecule has 0 aliphatic rings. The lowest BCUT2D eigenvalue weighted by Crippen LogP contribution is -2.19. The minimum atomic E-state index is -4.16. The normalized spacial score (nSPS) is 11.4. The van der Waals surface area contributed by atoms with Crippen LogP contribution in [0.15, 0.2) is 94.7 Å². The van der Waals surface area contributed by atoms with E-state index in [0.29, 0.717) is 13.0 Å². The molecular weight excluding hydrogens is 741 g/mol. The number of hydrogen-bond acceptors (Lipinski definition) is 9. The number of hydrogen-bond donors (Lipinski definition) is 6. The predicted octanol–water partition coefficient (Wildman–Crippen LogP) is 5.57. The predicted molar refractivity (Wildman–Crippen MR) is 202 cm³/mol. The number of carbonyl (C=O) groups is 4. The smallest absolute Gasteiger partial charge is 0.337 e. The van der Waals surface area contributed by atoms with Crippen LogP contribution in [0.1, 0.15) is 64.4 Å². The van der Waals surface area contributed by atoms with Crippen LogP contribution in [0.5, 0.6) is 0 Å². The zero-order chi connectivity index (χ0) is 39.5. The number of carbonyl (C=O) groups excluding carboxylic acids is 2. The molecule has 4 aromatic rings. The summed E-state index contributed by atoms with van der Waals surface area (Å²) in [7, 11) is -6.74. The van der Waals surface area contributed by atoms with Crippen LogP contribution in [0, 0.1) is 0 Å². The van der Waals surface area contributed by atoms with Crippen molar-refractivity contribution in [2.24, 2.45) is 0 Å². The lowest BCUT2D eigenvalue weighted by atomic mass is 10.1. The molecule has 0 saturated heterocycles. The Morgan fingerprint density at radius 2 is 1.02 bits per heavy atom. The minimum Gasteiger partial charge on any atom is -0.478 e. The largest absolute Gasteiger partial charge is 0.478 e. The summed E-state index contributed by atoms with van der Waals surface area (Å²) in [5.41, 5.74) is 0.563. The number of ether oxygens (including phenoxy) is 1. The van der Waals surface area contributed by atoms with Gasteiger partial charge in [0, 0.05) is 31.3 Å². The Morgan fingerprint density at radius 3 is 1.39 bits per heavy atom. The van der Waals surface area contributed by atoms with Crippen LogP contribution >= 0.6 is 0 Å². The van der Waals surface area contributed by atoms with Crippen molar-refractivity contribution in [3.63, 3.8) is 0 Å². The monoisotopic (exact) mass is 780 g/mol. The number of aromatic carboxylic acids is 2. The average Bonchev–Trinajstić information content (AvgIpc) is 3.13. The highest BCUT2D eigenvalue weighted by molar-refractivity contribution is 7.93. The standard InChI is InChI=1S/C37H40N4O11S2/c1-3-4-5-24-6-12-28(13-7-24)53(48,49)40-32-16-10-26(22-30(32)36(44)45)38-34(42)18-19-35(43)39-27-11-17-33(31(23-27)37(46)47)41-54(50,51)29-14-8-25(9-15-29)20-21-52-2/h6-17,22-23,40-41H,3-5,18-21H2,1-2H3,(H,38,42)(H,39,43)(H,44,45)(H,46,47). The van der Waals surface area contributed by atoms with Gasteiger partial charge >= 0.3 is 11.9 Å². The molecule has 0 heterocycles. The molecular formula is C37H40N4O11S2. The molecule has 0 aliphatic heterocycles. The molecule has 0 unspecified atom stereocenters. The number of amides is 2. The maximum atomic E-state index is 13.0. The van der Waals surface area contributed by atoms with Crippen LogP contribution in [0.2, 0.25) is 0 Å². The van der Waals surface area contributed by atoms with Gasteiger partial charge in [0.2, 0.25) is 11.8 Å². The van der Waals surface area contributed by atoms with Crippen molar-refractivity contribution in [3.05, 3.63) is 107 Å². The zero-order valence-corrected chi connectivity index (χ0v) is 31.1. The van der Waals surface area contributed by atoms with Crippen LogP contribution < -0.4 is 20.1 Å². The average molecular weight is 781 g/mol. The van der Waals surface area contributed by atoms with E-state index in [4.69, 9.17) is 4.74 Å². The number of anilines is 4. The molecule has 0 bridgehead atoms. The highest BCUT2D eigenvalue weighted by Gasteiger charge is 2.22. The first-order chi connectivity index (χ1) is 25.6. The van der Waals surface area contributed by atoms with Gasteiger partial charge in [0.15, 0.2) is 0 Å². The van der Waals surface area contributed by atoms with Crippen LogP contribution in [0.25, 0.3) is 0 Å². The van der Waals surface area contributed by atoms with Crippen molar-refractivity contribution >= 4 is 66.5 Å². The Labute approximate surface area is 312 Å². The third-order valence-corrected chi connectivity index (χ3v) is 10.8. The van der Waals surface area contributed by atoms with Gasteiger partial charge in [-0.1, -0.05) is 37.6 Å². The maximum Gasteiger partial charge on any atom is 0.337 e. The summed E-state index contributed by atoms with van der Waals surface area (Å²) in [5.74, 6) is -4.25. The Bertz CT molecular complexity index is 2070. The van der Waals surface area contributed by atoms with E-state index in [9.17, 15) is 46.2 Å². The summed E-state index contributed by atoms with van der Waals surface area (Å²) in [4.78, 5) is 49.1. The van der Waals surface area contributed by atoms with Gasteiger partial charge in [-0.05, 0) is 91.1 Å². The molecule has 0 aromatic heterocycles. The summed E-state index contributed by atoms with van der Waals surface area (Å²) in [5, 5.41) is 24.5. The number of sulfonamides is 2. The second-order valence-electron chi connectivity index (χ2n) is 12.1. The molecule has 0 spiro atoms. The van der Waals surface area contributed by atoms with Gasteiger partial charge in [0.05, 0.1) is 38.9 Å². The molecule has 0 saturated carbocycles. The number of carboxylic acids is 2. The van der Waals surface area contributed by atoms with E-state index in [1.165, 1.54) is 48.5 Å². The fourth-order valence-electron chi connectivity index (χ4n) is 5.13. The van der Waals surface area contributed by atoms with Gasteiger partial charge in [0.1, 0.15) is 0 Å². The van der Waals surface area contributed by atoms with Crippen molar-refractivity contribution in [3.8, 4) is 0 Å². The third-order valence-electron chi connectivity index (χ3n) is 8.02. The Hall–Kier alpha value is -5.78. The quantitative estimate of drug-likeness (QED) is 0.0688. The van der Waals surface area contributed by atoms with Crippen molar-refractivity contribution in [2.75, 3.05) is 33.8 Å². The topological polar surface area (TPSA) is 234 Å². The molecule has 6 N–H and O–H groups in total. The van der Waals surface area contributed by atoms with Gasteiger partial charge in [0.25, 0.3) is 20.0 Å². The zero-order valence-electron chi connectivity index (χ0n) is 29.4. The molecule has 4 rings (SSSR count). The Kier molecular flexibility index (Phi) is 13.9. The van der Waals surface area contributed by atoms with Crippen LogP contribution in [-0.4, -0.2) is 64.5 Å². The van der Waals surface area contributed by atoms with Gasteiger partial charge in [-0.25, -0.2) is 26.4 Å². The highest BCUT2D eigenvalue weighted by Crippen LogP contribution is 2.26. The van der Waals surface area contributed by atoms with E-state index < -0.39 is 54.9 Å². The third kappa shape index (κ3) is 11.4. The first-order valence-corrected chi connectivity index (χ1v) is 19.7. The number of methoxy groups -OCH3 is 1. The number of benzene rings is 4. The van der Waals surface area contributed by atoms with E-state index >= 15 is 0 Å². The lowest BCUT2D eigenvalue weighted by molar-refractivity contribution is -0.121. The molecule has 2 amide bonds. The first kappa shape index (κ1) is 41.0. The SMILES string of the molecule is CCCCc1ccc(S(=O)(=O)Nc2ccc(NC(=O)CCC(=O)Nc3ccc(NS(=O)(=O)c4ccc(CCOC)cc4)c(C(=O)O)c3)cc2C(=O)O)cc1. The van der Waals surface area contributed by atoms with Crippen molar-refractivity contribution in [1.29, 1.82) is 0 Å². The molecule has 54 heavy (non-hydrogen) atoms. The van der Waals surface area contributed by atoms with Crippen LogP contribution in [-0.2, 0) is 47.2 Å². The molecule has 286 valence electrons. The van der Waals surface area contributed by atoms with Crippen molar-refractivity contribution in [2.45, 2.75) is 55.2 Å². The van der Waals surface area contributed by atoms with E-state index in [2.05, 4.69) is 20.1 Å². The molecule has 4 aromatic carbocycles. The van der Waals surface area contributed by atoms with Crippen molar-refractivity contribution < 1.29 is 51.0 Å². The molecule has 17 heteroatoms. The summed E-state index contributed by atoms with van der Waals surface area (Å²) < 4.78 is 61.5. The number of nitrogens with one attached hydrogen (secondary N) is 4. The fourth-order valence-corrected chi connectivity index (χ4v) is 7.29. The van der Waals surface area contributed by atoms with Gasteiger partial charge < -0.3 is 25.6 Å². The Balaban J connectivity index is 1.35. The second-order valence-corrected chi connectivity index (χ2v) is 15.4. The molecule has 0 atom stereocenters. The van der Waals surface area contributed by atoms with E-state index in [1.54, 1.807) is 31.4 Å². The summed E-state index contributed by atoms with van der Waals surface area (Å²) in [6.07, 6.45) is 2.61. The molecule has 15 nitrogen and oxygen atoms in total. The van der Waals surface area contributed by atoms with Crippen LogP contribution in [0.4, 0.5) is 22.7 Å². The molecule has 0 radical (unpaired) electrons. The van der Waals surface area contributed by atoms with E-state index in [1.807, 2.05) is 6.92 Å². The first-order valence-electron chi connectivity index (χ1n) is 16.7. The maximum absolute atomic E-state index is 13.0. The summed E-state index contributed by atoms with van der Waals surface area (Å²) in [6.45, 7) is 2.51. The minimum absolute atomic E-state index is 0.0276. The second kappa shape index (κ2) is 18.3. The lowest BCUT2D eigenvalue weighted by Gasteiger charge is -2.14. The molecule has 0 aliphatic carbocycles. The summed E-state index contributed by atoms with van der Waals surface area (Å²) >= 11 is 0. The number of aryl methyl sites for hydroxylation is 1.